The fourth-order valence-electron chi connectivity index (χ4n) is 3.30. The van der Waals surface area contributed by atoms with Gasteiger partial charge < -0.3 is 5.11 Å². The van der Waals surface area contributed by atoms with E-state index in [1.165, 1.54) is 6.07 Å². The first-order chi connectivity index (χ1) is 9.29. The van der Waals surface area contributed by atoms with E-state index < -0.39 is 11.9 Å². The molecule has 0 aromatic heterocycles. The third-order valence-electron chi connectivity index (χ3n) is 4.72. The van der Waals surface area contributed by atoms with E-state index in [-0.39, 0.29) is 5.92 Å². The maximum atomic E-state index is 13.9. The second-order valence-electron chi connectivity index (χ2n) is 7.09. The van der Waals surface area contributed by atoms with Crippen LogP contribution < -0.4 is 0 Å². The van der Waals surface area contributed by atoms with Crippen molar-refractivity contribution in [3.05, 3.63) is 34.6 Å². The van der Waals surface area contributed by atoms with E-state index in [1.54, 1.807) is 12.1 Å². The molecule has 0 spiro atoms. The Morgan fingerprint density at radius 3 is 2.30 bits per heavy atom. The van der Waals surface area contributed by atoms with Crippen LogP contribution in [0.5, 0.6) is 0 Å². The Balaban J connectivity index is 2.03. The van der Waals surface area contributed by atoms with E-state index in [0.29, 0.717) is 21.9 Å². The molecule has 0 heterocycles. The van der Waals surface area contributed by atoms with Crippen LogP contribution in [0.15, 0.2) is 18.2 Å². The number of benzene rings is 1. The Hall–Kier alpha value is -0.600. The molecular formula is C17H24ClFO. The molecule has 0 aliphatic heterocycles. The normalized spacial score (nSPS) is 25.5. The second-order valence-corrected chi connectivity index (χ2v) is 7.52. The number of aliphatic hydroxyl groups is 1. The Morgan fingerprint density at radius 1 is 1.20 bits per heavy atom. The van der Waals surface area contributed by atoms with E-state index in [4.69, 9.17) is 11.6 Å². The van der Waals surface area contributed by atoms with Gasteiger partial charge in [0.1, 0.15) is 5.82 Å². The number of hydrogen-bond donors (Lipinski definition) is 1. The largest absolute Gasteiger partial charge is 0.388 e. The molecule has 1 aliphatic rings. The van der Waals surface area contributed by atoms with Crippen molar-refractivity contribution in [1.82, 2.24) is 0 Å². The Morgan fingerprint density at radius 2 is 1.80 bits per heavy atom. The monoisotopic (exact) mass is 298 g/mol. The smallest absolute Gasteiger partial charge is 0.130 e. The van der Waals surface area contributed by atoms with Crippen LogP contribution in [-0.4, -0.2) is 5.11 Å². The summed E-state index contributed by atoms with van der Waals surface area (Å²) < 4.78 is 13.9. The maximum Gasteiger partial charge on any atom is 0.130 e. The van der Waals surface area contributed by atoms with Crippen LogP contribution in [0.4, 0.5) is 4.39 Å². The van der Waals surface area contributed by atoms with Gasteiger partial charge in [0, 0.05) is 10.6 Å². The number of rotatable bonds is 2. The van der Waals surface area contributed by atoms with Gasteiger partial charge in [-0.3, -0.25) is 0 Å². The van der Waals surface area contributed by atoms with Gasteiger partial charge in [-0.2, -0.15) is 0 Å². The minimum atomic E-state index is -0.715. The van der Waals surface area contributed by atoms with Gasteiger partial charge in [-0.1, -0.05) is 38.4 Å². The molecule has 1 aromatic carbocycles. The molecular weight excluding hydrogens is 275 g/mol. The first-order valence-corrected chi connectivity index (χ1v) is 7.80. The summed E-state index contributed by atoms with van der Waals surface area (Å²) in [5.41, 5.74) is 0.704. The van der Waals surface area contributed by atoms with Gasteiger partial charge in [-0.05, 0) is 55.1 Å². The molecule has 1 unspecified atom stereocenters. The summed E-state index contributed by atoms with van der Waals surface area (Å²) in [6.45, 7) is 6.81. The van der Waals surface area contributed by atoms with Crippen LogP contribution in [0.2, 0.25) is 5.02 Å². The minimum absolute atomic E-state index is 0.157. The fraction of sp³-hybridized carbons (Fsp3) is 0.647. The number of aliphatic hydroxyl groups excluding tert-OH is 1. The van der Waals surface area contributed by atoms with Gasteiger partial charge in [0.05, 0.1) is 6.10 Å². The van der Waals surface area contributed by atoms with Crippen LogP contribution >= 0.6 is 11.6 Å². The van der Waals surface area contributed by atoms with Crippen molar-refractivity contribution in [2.45, 2.75) is 52.6 Å². The van der Waals surface area contributed by atoms with Crippen molar-refractivity contribution >= 4 is 11.6 Å². The Bertz CT molecular complexity index is 459. The highest BCUT2D eigenvalue weighted by Gasteiger charge is 2.33. The average Bonchev–Trinajstić information content (AvgIpc) is 2.37. The topological polar surface area (TPSA) is 20.2 Å². The lowest BCUT2D eigenvalue weighted by Crippen LogP contribution is -2.28. The standard InChI is InChI=1S/C17H24ClFO/c1-17(2,3)12-6-4-11(5-7-12)16(20)14-9-8-13(18)10-15(14)19/h8-12,16,20H,4-7H2,1-3H3. The SMILES string of the molecule is CC(C)(C)C1CCC(C(O)c2ccc(Cl)cc2F)CC1. The van der Waals surface area contributed by atoms with Crippen LogP contribution in [-0.2, 0) is 0 Å². The van der Waals surface area contributed by atoms with E-state index in [9.17, 15) is 9.50 Å². The first kappa shape index (κ1) is 15.8. The molecule has 2 rings (SSSR count). The fourth-order valence-corrected chi connectivity index (χ4v) is 3.46. The molecule has 1 atom stereocenters. The van der Waals surface area contributed by atoms with Crippen LogP contribution in [0.25, 0.3) is 0 Å². The summed E-state index contributed by atoms with van der Waals surface area (Å²) in [4.78, 5) is 0. The van der Waals surface area contributed by atoms with E-state index in [2.05, 4.69) is 20.8 Å². The van der Waals surface area contributed by atoms with E-state index in [1.807, 2.05) is 0 Å². The minimum Gasteiger partial charge on any atom is -0.388 e. The van der Waals surface area contributed by atoms with Gasteiger partial charge in [0.15, 0.2) is 0 Å². The molecule has 112 valence electrons. The Labute approximate surface area is 126 Å². The van der Waals surface area contributed by atoms with Gasteiger partial charge >= 0.3 is 0 Å². The lowest BCUT2D eigenvalue weighted by Gasteiger charge is -2.38. The number of halogens is 2. The quantitative estimate of drug-likeness (QED) is 0.778. The summed E-state index contributed by atoms with van der Waals surface area (Å²) in [6.07, 6.45) is 3.44. The maximum absolute atomic E-state index is 13.9. The zero-order valence-corrected chi connectivity index (χ0v) is 13.3. The van der Waals surface area contributed by atoms with Crippen molar-refractivity contribution in [3.8, 4) is 0 Å². The molecule has 1 aliphatic carbocycles. The predicted molar refractivity (Wildman–Crippen MR) is 81.3 cm³/mol. The molecule has 0 bridgehead atoms. The molecule has 0 radical (unpaired) electrons. The second kappa shape index (κ2) is 6.03. The predicted octanol–water partition coefficient (Wildman–Crippen LogP) is 5.37. The van der Waals surface area contributed by atoms with Gasteiger partial charge in [-0.25, -0.2) is 4.39 Å². The van der Waals surface area contributed by atoms with Crippen molar-refractivity contribution in [2.24, 2.45) is 17.3 Å². The molecule has 1 nitrogen and oxygen atoms in total. The van der Waals surface area contributed by atoms with Crippen molar-refractivity contribution in [1.29, 1.82) is 0 Å². The van der Waals surface area contributed by atoms with Crippen LogP contribution in [0.3, 0.4) is 0 Å². The highest BCUT2D eigenvalue weighted by Crippen LogP contribution is 2.43. The first-order valence-electron chi connectivity index (χ1n) is 7.42. The van der Waals surface area contributed by atoms with Gasteiger partial charge in [0.2, 0.25) is 0 Å². The van der Waals surface area contributed by atoms with Gasteiger partial charge in [0.25, 0.3) is 0 Å². The van der Waals surface area contributed by atoms with Crippen LogP contribution in [0.1, 0.15) is 58.1 Å². The Kier molecular flexibility index (Phi) is 4.76. The molecule has 20 heavy (non-hydrogen) atoms. The summed E-state index contributed by atoms with van der Waals surface area (Å²) in [5.74, 6) is 0.452. The van der Waals surface area contributed by atoms with Gasteiger partial charge in [-0.15, -0.1) is 0 Å². The zero-order valence-electron chi connectivity index (χ0n) is 12.5. The van der Waals surface area contributed by atoms with Crippen molar-refractivity contribution in [3.63, 3.8) is 0 Å². The third kappa shape index (κ3) is 3.53. The molecule has 1 N–H and O–H groups in total. The average molecular weight is 299 g/mol. The third-order valence-corrected chi connectivity index (χ3v) is 4.96. The summed E-state index contributed by atoms with van der Waals surface area (Å²) in [5, 5.41) is 10.8. The van der Waals surface area contributed by atoms with Crippen molar-refractivity contribution < 1.29 is 9.50 Å². The lowest BCUT2D eigenvalue weighted by molar-refractivity contribution is 0.0506. The molecule has 3 heteroatoms. The molecule has 1 saturated carbocycles. The summed E-state index contributed by atoms with van der Waals surface area (Å²) in [7, 11) is 0. The zero-order chi connectivity index (χ0) is 14.9. The lowest BCUT2D eigenvalue weighted by atomic mass is 9.68. The van der Waals surface area contributed by atoms with E-state index >= 15 is 0 Å². The number of hydrogen-bond acceptors (Lipinski definition) is 1. The molecule has 1 fully saturated rings. The van der Waals surface area contributed by atoms with E-state index in [0.717, 1.165) is 25.7 Å². The summed E-state index contributed by atoms with van der Waals surface area (Å²) in [6, 6.07) is 4.53. The summed E-state index contributed by atoms with van der Waals surface area (Å²) >= 11 is 5.76. The van der Waals surface area contributed by atoms with Crippen LogP contribution in [0, 0.1) is 23.1 Å². The molecule has 0 saturated heterocycles. The highest BCUT2D eigenvalue weighted by atomic mass is 35.5. The van der Waals surface area contributed by atoms with Crippen molar-refractivity contribution in [2.75, 3.05) is 0 Å². The molecule has 1 aromatic rings. The molecule has 0 amide bonds. The highest BCUT2D eigenvalue weighted by molar-refractivity contribution is 6.30.